The highest BCUT2D eigenvalue weighted by Gasteiger charge is 2.30. The van der Waals surface area contributed by atoms with Crippen molar-refractivity contribution in [2.45, 2.75) is 19.4 Å². The summed E-state index contributed by atoms with van der Waals surface area (Å²) < 4.78 is 18.7. The van der Waals surface area contributed by atoms with Crippen molar-refractivity contribution < 1.29 is 13.9 Å². The number of aromatic amines is 1. The molecule has 0 bridgehead atoms. The van der Waals surface area contributed by atoms with Crippen LogP contribution >= 0.6 is 11.6 Å². The van der Waals surface area contributed by atoms with Gasteiger partial charge in [-0.25, -0.2) is 9.37 Å². The summed E-state index contributed by atoms with van der Waals surface area (Å²) in [6.45, 7) is 3.31. The van der Waals surface area contributed by atoms with Gasteiger partial charge in [0, 0.05) is 18.4 Å². The molecule has 1 saturated heterocycles. The Morgan fingerprint density at radius 3 is 3.09 bits per heavy atom. The molecule has 1 amide bonds. The van der Waals surface area contributed by atoms with Gasteiger partial charge in [0.25, 0.3) is 0 Å². The first-order valence-electron chi connectivity index (χ1n) is 7.37. The van der Waals surface area contributed by atoms with Gasteiger partial charge in [0.2, 0.25) is 5.91 Å². The Hall–Kier alpha value is -1.92. The number of aryl methyl sites for hydroxylation is 1. The zero-order valence-corrected chi connectivity index (χ0v) is 13.4. The highest BCUT2D eigenvalue weighted by atomic mass is 35.5. The zero-order valence-electron chi connectivity index (χ0n) is 12.7. The lowest BCUT2D eigenvalue weighted by atomic mass is 10.1. The summed E-state index contributed by atoms with van der Waals surface area (Å²) >= 11 is 5.78. The number of benzene rings is 1. The molecule has 122 valence electrons. The van der Waals surface area contributed by atoms with Crippen LogP contribution in [0.1, 0.15) is 23.1 Å². The highest BCUT2D eigenvalue weighted by Crippen LogP contribution is 2.24. The summed E-state index contributed by atoms with van der Waals surface area (Å²) in [5, 5.41) is 0.0236. The third-order valence-corrected chi connectivity index (χ3v) is 4.12. The number of nitrogens with zero attached hydrogens (tertiary/aromatic N) is 2. The Morgan fingerprint density at radius 2 is 2.39 bits per heavy atom. The second-order valence-electron chi connectivity index (χ2n) is 5.55. The molecule has 0 unspecified atom stereocenters. The highest BCUT2D eigenvalue weighted by molar-refractivity contribution is 6.30. The van der Waals surface area contributed by atoms with Gasteiger partial charge in [-0.15, -0.1) is 0 Å². The van der Waals surface area contributed by atoms with Gasteiger partial charge in [0.05, 0.1) is 24.7 Å². The van der Waals surface area contributed by atoms with Crippen molar-refractivity contribution in [3.63, 3.8) is 0 Å². The van der Waals surface area contributed by atoms with E-state index in [-0.39, 0.29) is 23.4 Å². The number of aromatic nitrogens is 2. The molecule has 1 atom stereocenters. The van der Waals surface area contributed by atoms with Crippen molar-refractivity contribution in [3.8, 4) is 0 Å². The number of nitrogens with one attached hydrogen (secondary N) is 1. The Balaban J connectivity index is 1.77. The van der Waals surface area contributed by atoms with E-state index in [4.69, 9.17) is 16.3 Å². The molecule has 0 saturated carbocycles. The summed E-state index contributed by atoms with van der Waals surface area (Å²) in [6, 6.07) is 4.10. The Labute approximate surface area is 138 Å². The first-order valence-corrected chi connectivity index (χ1v) is 7.75. The van der Waals surface area contributed by atoms with Crippen LogP contribution in [-0.4, -0.2) is 40.5 Å². The molecule has 2 heterocycles. The number of hydrogen-bond donors (Lipinski definition) is 1. The van der Waals surface area contributed by atoms with Crippen molar-refractivity contribution in [2.75, 3.05) is 19.8 Å². The van der Waals surface area contributed by atoms with Gasteiger partial charge in [0.1, 0.15) is 17.7 Å². The Kier molecular flexibility index (Phi) is 4.63. The van der Waals surface area contributed by atoms with E-state index < -0.39 is 5.82 Å². The number of imidazole rings is 1. The van der Waals surface area contributed by atoms with Crippen LogP contribution in [0.2, 0.25) is 5.02 Å². The molecule has 1 N–H and O–H groups in total. The van der Waals surface area contributed by atoms with Crippen molar-refractivity contribution in [1.82, 2.24) is 14.9 Å². The smallest absolute Gasteiger partial charge is 0.227 e. The van der Waals surface area contributed by atoms with Crippen molar-refractivity contribution in [1.29, 1.82) is 0 Å². The number of hydrogen-bond acceptors (Lipinski definition) is 3. The molecule has 1 aromatic carbocycles. The minimum Gasteiger partial charge on any atom is -0.377 e. The lowest BCUT2D eigenvalue weighted by Gasteiger charge is -2.34. The molecule has 0 radical (unpaired) electrons. The van der Waals surface area contributed by atoms with Crippen LogP contribution in [0.5, 0.6) is 0 Å². The molecule has 2 aromatic rings. The lowest BCUT2D eigenvalue weighted by Crippen LogP contribution is -2.44. The van der Waals surface area contributed by atoms with Gasteiger partial charge in [-0.05, 0) is 24.6 Å². The summed E-state index contributed by atoms with van der Waals surface area (Å²) in [5.41, 5.74) is 1.62. The van der Waals surface area contributed by atoms with Crippen molar-refractivity contribution in [2.24, 2.45) is 0 Å². The molecule has 7 heteroatoms. The van der Waals surface area contributed by atoms with Gasteiger partial charge >= 0.3 is 0 Å². The van der Waals surface area contributed by atoms with E-state index in [0.29, 0.717) is 31.1 Å². The monoisotopic (exact) mass is 337 g/mol. The van der Waals surface area contributed by atoms with Crippen LogP contribution in [-0.2, 0) is 16.0 Å². The van der Waals surface area contributed by atoms with Crippen LogP contribution in [0.3, 0.4) is 0 Å². The summed E-state index contributed by atoms with van der Waals surface area (Å²) in [7, 11) is 0. The maximum Gasteiger partial charge on any atom is 0.227 e. The fraction of sp³-hybridized carbons (Fsp3) is 0.375. The maximum atomic E-state index is 13.2. The molecule has 0 spiro atoms. The average molecular weight is 338 g/mol. The predicted molar refractivity (Wildman–Crippen MR) is 83.7 cm³/mol. The third-order valence-electron chi connectivity index (χ3n) is 3.83. The molecule has 1 aliphatic rings. The number of halogens is 2. The number of carbonyl (C=O) groups is 1. The van der Waals surface area contributed by atoms with Gasteiger partial charge in [-0.1, -0.05) is 17.7 Å². The van der Waals surface area contributed by atoms with E-state index in [1.807, 2.05) is 6.92 Å². The molecule has 1 aliphatic heterocycles. The molecule has 3 rings (SSSR count). The van der Waals surface area contributed by atoms with Crippen LogP contribution in [0.4, 0.5) is 4.39 Å². The molecule has 0 aliphatic carbocycles. The molecule has 5 nitrogen and oxygen atoms in total. The third kappa shape index (κ3) is 3.54. The summed E-state index contributed by atoms with van der Waals surface area (Å²) in [6.07, 6.45) is 1.89. The number of H-pyrrole nitrogens is 1. The number of ether oxygens (including phenoxy) is 1. The van der Waals surface area contributed by atoms with E-state index in [1.165, 1.54) is 12.1 Å². The molecular weight excluding hydrogens is 321 g/mol. The molecule has 1 aromatic heterocycles. The lowest BCUT2D eigenvalue weighted by molar-refractivity contribution is -0.139. The van der Waals surface area contributed by atoms with Gasteiger partial charge in [-0.3, -0.25) is 4.79 Å². The van der Waals surface area contributed by atoms with Crippen LogP contribution < -0.4 is 0 Å². The number of carbonyl (C=O) groups excluding carboxylic acids is 1. The van der Waals surface area contributed by atoms with Gasteiger partial charge in [0.15, 0.2) is 0 Å². The standard InChI is InChI=1S/C16H17ClFN3O2/c1-10-8-19-16(20-10)14-9-23-5-4-21(14)15(22)7-11-2-3-13(18)12(17)6-11/h2-3,6,8,14H,4-5,7,9H2,1H3,(H,19,20)/t14-/m1/s1. The van der Waals surface area contributed by atoms with Crippen LogP contribution in [0.25, 0.3) is 0 Å². The predicted octanol–water partition coefficient (Wildman–Crippen LogP) is 2.65. The van der Waals surface area contributed by atoms with Gasteiger partial charge in [-0.2, -0.15) is 0 Å². The fourth-order valence-electron chi connectivity index (χ4n) is 2.66. The maximum absolute atomic E-state index is 13.2. The topological polar surface area (TPSA) is 58.2 Å². The second-order valence-corrected chi connectivity index (χ2v) is 5.96. The zero-order chi connectivity index (χ0) is 16.4. The Bertz CT molecular complexity index is 719. The van der Waals surface area contributed by atoms with Crippen LogP contribution in [0.15, 0.2) is 24.4 Å². The number of morpholine rings is 1. The normalized spacial score (nSPS) is 18.2. The molecular formula is C16H17ClFN3O2. The fourth-order valence-corrected chi connectivity index (χ4v) is 2.86. The van der Waals surface area contributed by atoms with E-state index in [9.17, 15) is 9.18 Å². The van der Waals surface area contributed by atoms with Crippen molar-refractivity contribution >= 4 is 17.5 Å². The molecule has 1 fully saturated rings. The molecule has 23 heavy (non-hydrogen) atoms. The Morgan fingerprint density at radius 1 is 1.57 bits per heavy atom. The average Bonchev–Trinajstić information content (AvgIpc) is 2.97. The number of rotatable bonds is 3. The van der Waals surface area contributed by atoms with E-state index in [2.05, 4.69) is 9.97 Å². The van der Waals surface area contributed by atoms with E-state index in [1.54, 1.807) is 17.2 Å². The first-order chi connectivity index (χ1) is 11.0. The minimum absolute atomic E-state index is 0.0236. The summed E-state index contributed by atoms with van der Waals surface area (Å²) in [4.78, 5) is 21.9. The first kappa shape index (κ1) is 16.0. The largest absolute Gasteiger partial charge is 0.377 e. The SMILES string of the molecule is Cc1cnc([C@H]2COCCN2C(=O)Cc2ccc(F)c(Cl)c2)[nH]1. The van der Waals surface area contributed by atoms with Crippen LogP contribution in [0, 0.1) is 12.7 Å². The van der Waals surface area contributed by atoms with Crippen molar-refractivity contribution in [3.05, 3.63) is 52.3 Å². The summed E-state index contributed by atoms with van der Waals surface area (Å²) in [5.74, 6) is 0.167. The second kappa shape index (κ2) is 6.68. The van der Waals surface area contributed by atoms with E-state index >= 15 is 0 Å². The van der Waals surface area contributed by atoms with E-state index in [0.717, 1.165) is 5.69 Å². The number of amides is 1. The minimum atomic E-state index is -0.488. The quantitative estimate of drug-likeness (QED) is 0.936. The van der Waals surface area contributed by atoms with Gasteiger partial charge < -0.3 is 14.6 Å².